The lowest BCUT2D eigenvalue weighted by Crippen LogP contribution is -2.47. The molecule has 3 heterocycles. The number of piperazine rings is 1. The van der Waals surface area contributed by atoms with E-state index in [0.717, 1.165) is 48.7 Å². The van der Waals surface area contributed by atoms with E-state index in [2.05, 4.69) is 41.6 Å². The first-order valence-corrected chi connectivity index (χ1v) is 10.1. The molecule has 1 aliphatic heterocycles. The van der Waals surface area contributed by atoms with E-state index in [4.69, 9.17) is 4.74 Å². The largest absolute Gasteiger partial charge is 0.497 e. The van der Waals surface area contributed by atoms with E-state index in [1.165, 1.54) is 9.58 Å². The van der Waals surface area contributed by atoms with Crippen LogP contribution in [-0.4, -0.2) is 60.6 Å². The van der Waals surface area contributed by atoms with Gasteiger partial charge in [0, 0.05) is 37.6 Å². The number of hydrogen-bond donors (Lipinski definition) is 0. The second kappa shape index (κ2) is 7.37. The number of amides is 1. The molecule has 0 saturated carbocycles. The lowest BCUT2D eigenvalue weighted by Gasteiger charge is -2.32. The smallest absolute Gasteiger partial charge is 0.270 e. The van der Waals surface area contributed by atoms with Gasteiger partial charge in [-0.3, -0.25) is 4.79 Å². The Morgan fingerprint density at radius 2 is 1.93 bits per heavy atom. The molecule has 0 bridgehead atoms. The lowest BCUT2D eigenvalue weighted by atomic mass is 10.2. The zero-order valence-electron chi connectivity index (χ0n) is 16.1. The van der Waals surface area contributed by atoms with Crippen LogP contribution in [0, 0.1) is 6.92 Å². The van der Waals surface area contributed by atoms with Gasteiger partial charge in [-0.05, 0) is 43.8 Å². The average Bonchev–Trinajstić information content (AvgIpc) is 3.19. The van der Waals surface area contributed by atoms with Crippen LogP contribution in [0.4, 0.5) is 0 Å². The van der Waals surface area contributed by atoms with Crippen molar-refractivity contribution < 1.29 is 9.53 Å². The Morgan fingerprint density at radius 1 is 1.15 bits per heavy atom. The van der Waals surface area contributed by atoms with Crippen molar-refractivity contribution >= 4 is 27.5 Å². The van der Waals surface area contributed by atoms with Crippen molar-refractivity contribution in [3.63, 3.8) is 0 Å². The molecule has 1 aromatic carbocycles. The summed E-state index contributed by atoms with van der Waals surface area (Å²) >= 11 is 1.75. The second-order valence-electron chi connectivity index (χ2n) is 7.17. The summed E-state index contributed by atoms with van der Waals surface area (Å²) in [5.74, 6) is 0.969. The monoisotopic (exact) mass is 383 g/mol. The molecule has 0 radical (unpaired) electrons. The Bertz CT molecular complexity index is 967. The third-order valence-electron chi connectivity index (χ3n) is 5.20. The number of carbonyl (C=O) groups is 1. The molecule has 0 unspecified atom stereocenters. The molecule has 1 amide bonds. The highest BCUT2D eigenvalue weighted by molar-refractivity contribution is 7.19. The van der Waals surface area contributed by atoms with Gasteiger partial charge in [0.15, 0.2) is 0 Å². The maximum Gasteiger partial charge on any atom is 0.270 e. The first-order chi connectivity index (χ1) is 13.0. The van der Waals surface area contributed by atoms with E-state index < -0.39 is 0 Å². The van der Waals surface area contributed by atoms with Crippen molar-refractivity contribution in [2.45, 2.75) is 13.5 Å². The zero-order chi connectivity index (χ0) is 19.0. The first kappa shape index (κ1) is 18.1. The van der Waals surface area contributed by atoms with Gasteiger partial charge < -0.3 is 19.1 Å². The minimum Gasteiger partial charge on any atom is -0.497 e. The number of carbonyl (C=O) groups excluding carboxylic acids is 1. The topological polar surface area (TPSA) is 37.7 Å². The summed E-state index contributed by atoms with van der Waals surface area (Å²) in [6, 6.07) is 12.3. The molecule has 142 valence electrons. The fourth-order valence-electron chi connectivity index (χ4n) is 3.64. The van der Waals surface area contributed by atoms with E-state index in [1.54, 1.807) is 18.4 Å². The zero-order valence-corrected chi connectivity index (χ0v) is 16.9. The molecule has 1 saturated heterocycles. The minimum atomic E-state index is 0.132. The van der Waals surface area contributed by atoms with Gasteiger partial charge in [0.05, 0.1) is 17.3 Å². The average molecular weight is 384 g/mol. The van der Waals surface area contributed by atoms with Crippen LogP contribution in [0.15, 0.2) is 36.4 Å². The molecule has 3 aromatic rings. The van der Waals surface area contributed by atoms with Crippen LogP contribution in [0.5, 0.6) is 5.75 Å². The number of likely N-dealkylation sites (N-methyl/N-ethyl adjacent to an activating group) is 1. The number of thiophene rings is 1. The Kier molecular flexibility index (Phi) is 4.93. The number of aromatic nitrogens is 1. The van der Waals surface area contributed by atoms with Crippen molar-refractivity contribution in [3.05, 3.63) is 52.5 Å². The van der Waals surface area contributed by atoms with Crippen molar-refractivity contribution in [2.75, 3.05) is 40.3 Å². The van der Waals surface area contributed by atoms with E-state index >= 15 is 0 Å². The van der Waals surface area contributed by atoms with Gasteiger partial charge in [-0.25, -0.2) is 0 Å². The molecule has 0 N–H and O–H groups in total. The Labute approximate surface area is 163 Å². The number of nitrogens with zero attached hydrogens (tertiary/aromatic N) is 3. The summed E-state index contributed by atoms with van der Waals surface area (Å²) in [5, 5.41) is 0. The Balaban J connectivity index is 1.71. The fraction of sp³-hybridized carbons (Fsp3) is 0.381. The fourth-order valence-corrected chi connectivity index (χ4v) is 4.60. The molecule has 4 rings (SSSR count). The van der Waals surface area contributed by atoms with Crippen LogP contribution >= 0.6 is 11.3 Å². The number of benzene rings is 1. The van der Waals surface area contributed by atoms with Crippen LogP contribution in [0.2, 0.25) is 0 Å². The lowest BCUT2D eigenvalue weighted by molar-refractivity contribution is 0.0654. The molecular weight excluding hydrogens is 358 g/mol. The predicted molar refractivity (Wildman–Crippen MR) is 110 cm³/mol. The van der Waals surface area contributed by atoms with Crippen molar-refractivity contribution in [3.8, 4) is 5.75 Å². The first-order valence-electron chi connectivity index (χ1n) is 9.25. The number of methoxy groups -OCH3 is 1. The third-order valence-corrected chi connectivity index (χ3v) is 6.18. The summed E-state index contributed by atoms with van der Waals surface area (Å²) in [6.45, 7) is 6.19. The molecule has 0 spiro atoms. The summed E-state index contributed by atoms with van der Waals surface area (Å²) in [5.41, 5.74) is 3.05. The molecule has 5 nitrogen and oxygen atoms in total. The minimum absolute atomic E-state index is 0.132. The molecular formula is C21H25N3O2S. The van der Waals surface area contributed by atoms with Crippen LogP contribution < -0.4 is 4.74 Å². The van der Waals surface area contributed by atoms with E-state index in [1.807, 2.05) is 23.1 Å². The van der Waals surface area contributed by atoms with Gasteiger partial charge in [0.25, 0.3) is 5.91 Å². The third kappa shape index (κ3) is 3.59. The van der Waals surface area contributed by atoms with Gasteiger partial charge in [-0.1, -0.05) is 12.1 Å². The summed E-state index contributed by atoms with van der Waals surface area (Å²) < 4.78 is 8.70. The van der Waals surface area contributed by atoms with Crippen LogP contribution in [0.1, 0.15) is 20.9 Å². The highest BCUT2D eigenvalue weighted by atomic mass is 32.1. The summed E-state index contributed by atoms with van der Waals surface area (Å²) in [6.07, 6.45) is 0. The van der Waals surface area contributed by atoms with E-state index in [9.17, 15) is 4.79 Å². The van der Waals surface area contributed by atoms with Crippen LogP contribution in [0.3, 0.4) is 0 Å². The number of hydrogen-bond acceptors (Lipinski definition) is 4. The van der Waals surface area contributed by atoms with Crippen LogP contribution in [-0.2, 0) is 6.54 Å². The molecule has 0 aliphatic carbocycles. The van der Waals surface area contributed by atoms with Crippen molar-refractivity contribution in [1.82, 2.24) is 14.4 Å². The quantitative estimate of drug-likeness (QED) is 0.692. The highest BCUT2D eigenvalue weighted by Gasteiger charge is 2.25. The highest BCUT2D eigenvalue weighted by Crippen LogP contribution is 2.30. The van der Waals surface area contributed by atoms with Gasteiger partial charge in [0.2, 0.25) is 0 Å². The van der Waals surface area contributed by atoms with Gasteiger partial charge in [-0.15, -0.1) is 11.3 Å². The number of fused-ring (bicyclic) bond motifs is 1. The normalized spacial score (nSPS) is 15.4. The van der Waals surface area contributed by atoms with E-state index in [0.29, 0.717) is 6.54 Å². The van der Waals surface area contributed by atoms with Crippen LogP contribution in [0.25, 0.3) is 10.2 Å². The summed E-state index contributed by atoms with van der Waals surface area (Å²) in [7, 11) is 3.78. The predicted octanol–water partition coefficient (Wildman–Crippen LogP) is 3.46. The standard InChI is InChI=1S/C21H25N3O2S/c1-15-11-18-20(27-15)13-19(21(25)23-9-7-22(2)8-10-23)24(18)14-16-5-4-6-17(12-16)26-3/h4-6,11-13H,7-10,14H2,1-3H3. The molecule has 2 aromatic heterocycles. The van der Waals surface area contributed by atoms with Gasteiger partial charge in [0.1, 0.15) is 11.4 Å². The number of aryl methyl sites for hydroxylation is 1. The maximum absolute atomic E-state index is 13.3. The maximum atomic E-state index is 13.3. The molecule has 27 heavy (non-hydrogen) atoms. The molecule has 0 atom stereocenters. The Hall–Kier alpha value is -2.31. The molecule has 6 heteroatoms. The summed E-state index contributed by atoms with van der Waals surface area (Å²) in [4.78, 5) is 18.8. The SMILES string of the molecule is COc1cccc(Cn2c(C(=O)N3CCN(C)CC3)cc3sc(C)cc32)c1. The van der Waals surface area contributed by atoms with Gasteiger partial charge >= 0.3 is 0 Å². The number of rotatable bonds is 4. The van der Waals surface area contributed by atoms with Crippen molar-refractivity contribution in [1.29, 1.82) is 0 Å². The van der Waals surface area contributed by atoms with Gasteiger partial charge in [-0.2, -0.15) is 0 Å². The number of ether oxygens (including phenoxy) is 1. The van der Waals surface area contributed by atoms with Crippen molar-refractivity contribution in [2.24, 2.45) is 0 Å². The molecule has 1 fully saturated rings. The van der Waals surface area contributed by atoms with E-state index in [-0.39, 0.29) is 5.91 Å². The second-order valence-corrected chi connectivity index (χ2v) is 8.46. The molecule has 1 aliphatic rings. The Morgan fingerprint density at radius 3 is 2.67 bits per heavy atom.